The minimum absolute atomic E-state index is 0.00689. The fourth-order valence-corrected chi connectivity index (χ4v) is 5.36. The van der Waals surface area contributed by atoms with Crippen molar-refractivity contribution in [1.29, 1.82) is 0 Å². The van der Waals surface area contributed by atoms with Gasteiger partial charge in [-0.15, -0.1) is 0 Å². The number of rotatable bonds is 12. The van der Waals surface area contributed by atoms with Gasteiger partial charge in [-0.3, -0.25) is 4.79 Å². The lowest BCUT2D eigenvalue weighted by atomic mass is 10.1. The smallest absolute Gasteiger partial charge is 0.243 e. The minimum atomic E-state index is -4.08. The number of hydrogen-bond donors (Lipinski definition) is 1. The average Bonchev–Trinajstić information content (AvgIpc) is 3.43. The molecular weight excluding hydrogens is 532 g/mol. The number of anilines is 1. The van der Waals surface area contributed by atoms with Gasteiger partial charge in [0.1, 0.15) is 0 Å². The van der Waals surface area contributed by atoms with Crippen LogP contribution in [-0.4, -0.2) is 49.5 Å². The van der Waals surface area contributed by atoms with Gasteiger partial charge in [0, 0.05) is 30.6 Å². The zero-order valence-corrected chi connectivity index (χ0v) is 23.6. The molecule has 4 rings (SSSR count). The lowest BCUT2D eigenvalue weighted by molar-refractivity contribution is -0.116. The Balaban J connectivity index is 1.50. The van der Waals surface area contributed by atoms with Gasteiger partial charge < -0.3 is 19.3 Å². The second-order valence-electron chi connectivity index (χ2n) is 9.40. The van der Waals surface area contributed by atoms with Crippen LogP contribution in [0.2, 0.25) is 0 Å². The molecule has 0 aliphatic rings. The van der Waals surface area contributed by atoms with Crippen molar-refractivity contribution >= 4 is 21.6 Å². The predicted octanol–water partition coefficient (Wildman–Crippen LogP) is 4.63. The molecule has 0 aliphatic heterocycles. The highest BCUT2D eigenvalue weighted by molar-refractivity contribution is 7.89. The van der Waals surface area contributed by atoms with Crippen molar-refractivity contribution in [2.24, 2.45) is 0 Å². The molecule has 0 aliphatic carbocycles. The molecule has 0 fully saturated rings. The number of aromatic nitrogens is 2. The van der Waals surface area contributed by atoms with Gasteiger partial charge in [-0.05, 0) is 35.4 Å². The van der Waals surface area contributed by atoms with E-state index in [2.05, 4.69) is 15.5 Å². The van der Waals surface area contributed by atoms with E-state index in [-0.39, 0.29) is 23.1 Å². The van der Waals surface area contributed by atoms with Gasteiger partial charge in [-0.25, -0.2) is 8.42 Å². The van der Waals surface area contributed by atoms with Crippen LogP contribution in [0.15, 0.2) is 82.2 Å². The summed E-state index contributed by atoms with van der Waals surface area (Å²) in [5, 5.41) is 6.80. The van der Waals surface area contributed by atoms with E-state index in [1.807, 2.05) is 56.3 Å². The van der Waals surface area contributed by atoms with Gasteiger partial charge in [0.05, 0.1) is 25.7 Å². The molecule has 0 saturated carbocycles. The van der Waals surface area contributed by atoms with E-state index in [0.29, 0.717) is 29.6 Å². The van der Waals surface area contributed by atoms with Gasteiger partial charge in [0.25, 0.3) is 0 Å². The number of methoxy groups -OCH3 is 2. The molecule has 40 heavy (non-hydrogen) atoms. The Morgan fingerprint density at radius 3 is 2.27 bits per heavy atom. The van der Waals surface area contributed by atoms with Crippen LogP contribution >= 0.6 is 0 Å². The highest BCUT2D eigenvalue weighted by Gasteiger charge is 2.28. The number of benzene rings is 3. The molecule has 10 nitrogen and oxygen atoms in total. The van der Waals surface area contributed by atoms with E-state index in [9.17, 15) is 13.2 Å². The molecule has 4 aromatic rings. The molecule has 0 atom stereocenters. The third-order valence-corrected chi connectivity index (χ3v) is 7.88. The Bertz CT molecular complexity index is 1540. The van der Waals surface area contributed by atoms with Crippen molar-refractivity contribution in [3.8, 4) is 11.5 Å². The Morgan fingerprint density at radius 1 is 0.950 bits per heavy atom. The third-order valence-electron chi connectivity index (χ3n) is 6.09. The predicted molar refractivity (Wildman–Crippen MR) is 150 cm³/mol. The van der Waals surface area contributed by atoms with Crippen LogP contribution in [0.1, 0.15) is 42.6 Å². The summed E-state index contributed by atoms with van der Waals surface area (Å²) >= 11 is 0. The molecule has 0 unspecified atom stereocenters. The highest BCUT2D eigenvalue weighted by atomic mass is 32.2. The molecule has 1 heterocycles. The number of sulfonamides is 1. The van der Waals surface area contributed by atoms with Crippen LogP contribution in [0, 0.1) is 0 Å². The first-order valence-corrected chi connectivity index (χ1v) is 14.1. The fraction of sp³-hybridized carbons (Fsp3) is 0.276. The van der Waals surface area contributed by atoms with Crippen LogP contribution in [0.4, 0.5) is 5.69 Å². The Hall–Kier alpha value is -4.22. The number of hydrogen-bond acceptors (Lipinski definition) is 8. The van der Waals surface area contributed by atoms with E-state index in [1.165, 1.54) is 32.4 Å². The molecule has 210 valence electrons. The average molecular weight is 565 g/mol. The number of nitrogens with one attached hydrogen (secondary N) is 1. The van der Waals surface area contributed by atoms with E-state index in [1.54, 1.807) is 12.1 Å². The maximum absolute atomic E-state index is 13.7. The van der Waals surface area contributed by atoms with Gasteiger partial charge in [-0.1, -0.05) is 61.5 Å². The number of carbonyl (C=O) groups is 1. The SMILES string of the molecule is COc1ccc(S(=O)(=O)N(CC(=O)Nc2ccc(Cc3noc(C(C)C)n3)cc2)Cc2ccccc2)cc1OC. The van der Waals surface area contributed by atoms with Crippen molar-refractivity contribution in [3.05, 3.63) is 95.6 Å². The first-order valence-electron chi connectivity index (χ1n) is 12.7. The van der Waals surface area contributed by atoms with Crippen LogP contribution in [-0.2, 0) is 27.8 Å². The van der Waals surface area contributed by atoms with Crippen molar-refractivity contribution in [2.75, 3.05) is 26.1 Å². The zero-order valence-electron chi connectivity index (χ0n) is 22.8. The Morgan fingerprint density at radius 2 is 1.65 bits per heavy atom. The van der Waals surface area contributed by atoms with Crippen LogP contribution < -0.4 is 14.8 Å². The normalized spacial score (nSPS) is 11.6. The molecule has 1 aromatic heterocycles. The second kappa shape index (κ2) is 12.8. The van der Waals surface area contributed by atoms with Gasteiger partial charge in [0.2, 0.25) is 21.8 Å². The molecule has 11 heteroatoms. The molecule has 1 N–H and O–H groups in total. The molecular formula is C29H32N4O6S. The molecule has 1 amide bonds. The van der Waals surface area contributed by atoms with Gasteiger partial charge in [-0.2, -0.15) is 9.29 Å². The van der Waals surface area contributed by atoms with E-state index < -0.39 is 22.5 Å². The summed E-state index contributed by atoms with van der Waals surface area (Å²) in [5.74, 6) is 1.51. The quantitative estimate of drug-likeness (QED) is 0.264. The standard InChI is InChI=1S/C29H32N4O6S/c1-20(2)29-31-27(32-39-29)16-21-10-12-23(13-11-21)30-28(34)19-33(18-22-8-6-5-7-9-22)40(35,36)24-14-15-25(37-3)26(17-24)38-4/h5-15,17,20H,16,18-19H2,1-4H3,(H,30,34). The zero-order chi connectivity index (χ0) is 28.7. The summed E-state index contributed by atoms with van der Waals surface area (Å²) in [4.78, 5) is 17.4. The lowest BCUT2D eigenvalue weighted by Gasteiger charge is -2.22. The van der Waals surface area contributed by atoms with Crippen molar-refractivity contribution < 1.29 is 27.2 Å². The lowest BCUT2D eigenvalue weighted by Crippen LogP contribution is -2.37. The summed E-state index contributed by atoms with van der Waals surface area (Å²) in [6.45, 7) is 3.57. The van der Waals surface area contributed by atoms with Gasteiger partial charge in [0.15, 0.2) is 17.3 Å². The summed E-state index contributed by atoms with van der Waals surface area (Å²) < 4.78 is 44.3. The molecule has 0 bridgehead atoms. The second-order valence-corrected chi connectivity index (χ2v) is 11.3. The number of ether oxygens (including phenoxy) is 2. The number of amides is 1. The van der Waals surface area contributed by atoms with Crippen LogP contribution in [0.3, 0.4) is 0 Å². The summed E-state index contributed by atoms with van der Waals surface area (Å²) in [6.07, 6.45) is 0.485. The third kappa shape index (κ3) is 7.04. The molecule has 3 aromatic carbocycles. The first kappa shape index (κ1) is 28.8. The maximum atomic E-state index is 13.7. The van der Waals surface area contributed by atoms with Crippen LogP contribution in [0.5, 0.6) is 11.5 Å². The Labute approximate surface area is 234 Å². The minimum Gasteiger partial charge on any atom is -0.493 e. The summed E-state index contributed by atoms with van der Waals surface area (Å²) in [7, 11) is -1.17. The van der Waals surface area contributed by atoms with Crippen LogP contribution in [0.25, 0.3) is 0 Å². The molecule has 0 spiro atoms. The van der Waals surface area contributed by atoms with E-state index in [0.717, 1.165) is 15.4 Å². The monoisotopic (exact) mass is 564 g/mol. The van der Waals surface area contributed by atoms with Crippen molar-refractivity contribution in [3.63, 3.8) is 0 Å². The summed E-state index contributed by atoms with van der Waals surface area (Å²) in [6, 6.07) is 20.6. The molecule has 0 radical (unpaired) electrons. The largest absolute Gasteiger partial charge is 0.493 e. The van der Waals surface area contributed by atoms with E-state index in [4.69, 9.17) is 14.0 Å². The van der Waals surface area contributed by atoms with E-state index >= 15 is 0 Å². The maximum Gasteiger partial charge on any atom is 0.243 e. The summed E-state index contributed by atoms with van der Waals surface area (Å²) in [5.41, 5.74) is 2.22. The topological polar surface area (TPSA) is 124 Å². The first-order chi connectivity index (χ1) is 19.2. The molecule has 0 saturated heterocycles. The fourth-order valence-electron chi connectivity index (χ4n) is 3.96. The number of nitrogens with zero attached hydrogens (tertiary/aromatic N) is 3. The van der Waals surface area contributed by atoms with Gasteiger partial charge >= 0.3 is 0 Å². The highest BCUT2D eigenvalue weighted by Crippen LogP contribution is 2.31. The Kier molecular flexibility index (Phi) is 9.18. The van der Waals surface area contributed by atoms with Crippen molar-refractivity contribution in [2.45, 2.75) is 37.6 Å². The van der Waals surface area contributed by atoms with Crippen molar-refractivity contribution in [1.82, 2.24) is 14.4 Å². The number of carbonyl (C=O) groups excluding carboxylic acids is 1.